The Morgan fingerprint density at radius 2 is 1.75 bits per heavy atom. The quantitative estimate of drug-likeness (QED) is 0.429. The van der Waals surface area contributed by atoms with E-state index < -0.39 is 0 Å². The molecule has 0 unspecified atom stereocenters. The van der Waals surface area contributed by atoms with Crippen LogP contribution in [-0.2, 0) is 0 Å². The molecular weight excluding hydrogens is 426 g/mol. The zero-order valence-corrected chi connectivity index (χ0v) is 18.3. The van der Waals surface area contributed by atoms with Gasteiger partial charge in [-0.3, -0.25) is 4.79 Å². The summed E-state index contributed by atoms with van der Waals surface area (Å²) in [6.07, 6.45) is 6.41. The summed E-state index contributed by atoms with van der Waals surface area (Å²) in [6, 6.07) is 15.3. The SMILES string of the molecule is C[C@H]1CC[C@H](Oc2cnc(Cl)c3ccccc23)CN1C(=O)c1ccccc1-n1nccn1. The van der Waals surface area contributed by atoms with Crippen molar-refractivity contribution in [2.75, 3.05) is 6.54 Å². The molecule has 2 atom stereocenters. The second-order valence-electron chi connectivity index (χ2n) is 7.92. The normalized spacial score (nSPS) is 18.6. The van der Waals surface area contributed by atoms with Gasteiger partial charge in [0, 0.05) is 16.8 Å². The van der Waals surface area contributed by atoms with Gasteiger partial charge in [0.25, 0.3) is 5.91 Å². The minimum atomic E-state index is -0.142. The molecule has 2 aromatic carbocycles. The Hall–Kier alpha value is -3.45. The molecule has 0 saturated carbocycles. The van der Waals surface area contributed by atoms with E-state index in [4.69, 9.17) is 16.3 Å². The van der Waals surface area contributed by atoms with Gasteiger partial charge in [-0.1, -0.05) is 48.0 Å². The van der Waals surface area contributed by atoms with E-state index in [9.17, 15) is 4.79 Å². The van der Waals surface area contributed by atoms with Gasteiger partial charge in [0.05, 0.1) is 36.4 Å². The fourth-order valence-electron chi connectivity index (χ4n) is 4.18. The number of halogens is 1. The van der Waals surface area contributed by atoms with Crippen molar-refractivity contribution in [2.24, 2.45) is 0 Å². The van der Waals surface area contributed by atoms with Crippen molar-refractivity contribution in [1.82, 2.24) is 24.9 Å². The molecule has 0 aliphatic carbocycles. The van der Waals surface area contributed by atoms with Gasteiger partial charge in [-0.15, -0.1) is 0 Å². The predicted molar refractivity (Wildman–Crippen MR) is 122 cm³/mol. The van der Waals surface area contributed by atoms with Crippen LogP contribution >= 0.6 is 11.6 Å². The smallest absolute Gasteiger partial charge is 0.256 e. The molecule has 162 valence electrons. The van der Waals surface area contributed by atoms with E-state index in [2.05, 4.69) is 22.1 Å². The third kappa shape index (κ3) is 3.80. The van der Waals surface area contributed by atoms with E-state index in [1.807, 2.05) is 53.4 Å². The van der Waals surface area contributed by atoms with E-state index in [0.29, 0.717) is 28.7 Å². The summed E-state index contributed by atoms with van der Waals surface area (Å²) in [7, 11) is 0. The second-order valence-corrected chi connectivity index (χ2v) is 8.28. The van der Waals surface area contributed by atoms with Gasteiger partial charge in [-0.05, 0) is 31.9 Å². The molecule has 1 aliphatic heterocycles. The van der Waals surface area contributed by atoms with Crippen LogP contribution in [0.3, 0.4) is 0 Å². The molecule has 2 aromatic heterocycles. The maximum absolute atomic E-state index is 13.6. The topological polar surface area (TPSA) is 73.1 Å². The molecule has 1 fully saturated rings. The summed E-state index contributed by atoms with van der Waals surface area (Å²) in [4.78, 5) is 21.2. The molecule has 0 bridgehead atoms. The van der Waals surface area contributed by atoms with E-state index in [1.54, 1.807) is 18.6 Å². The Bertz CT molecular complexity index is 1260. The molecule has 0 spiro atoms. The monoisotopic (exact) mass is 447 g/mol. The van der Waals surface area contributed by atoms with Gasteiger partial charge in [-0.25, -0.2) is 4.98 Å². The van der Waals surface area contributed by atoms with Gasteiger partial charge >= 0.3 is 0 Å². The van der Waals surface area contributed by atoms with E-state index in [-0.39, 0.29) is 18.1 Å². The number of aromatic nitrogens is 4. The summed E-state index contributed by atoms with van der Waals surface area (Å²) >= 11 is 6.25. The number of nitrogens with zero attached hydrogens (tertiary/aromatic N) is 5. The van der Waals surface area contributed by atoms with Crippen LogP contribution in [0.5, 0.6) is 5.75 Å². The highest BCUT2D eigenvalue weighted by atomic mass is 35.5. The Morgan fingerprint density at radius 3 is 2.56 bits per heavy atom. The number of amides is 1. The average molecular weight is 448 g/mol. The lowest BCUT2D eigenvalue weighted by Gasteiger charge is -2.38. The van der Waals surface area contributed by atoms with Crippen LogP contribution < -0.4 is 4.74 Å². The number of piperidine rings is 1. The van der Waals surface area contributed by atoms with Gasteiger partial charge in [0.2, 0.25) is 0 Å². The number of carbonyl (C=O) groups is 1. The number of rotatable bonds is 4. The Labute approximate surface area is 190 Å². The summed E-state index contributed by atoms with van der Waals surface area (Å²) in [5.41, 5.74) is 1.22. The number of carbonyl (C=O) groups excluding carboxylic acids is 1. The van der Waals surface area contributed by atoms with Gasteiger partial charge < -0.3 is 9.64 Å². The van der Waals surface area contributed by atoms with Crippen LogP contribution in [0.4, 0.5) is 0 Å². The summed E-state index contributed by atoms with van der Waals surface area (Å²) < 4.78 is 6.35. The minimum Gasteiger partial charge on any atom is -0.486 e. The average Bonchev–Trinajstić information content (AvgIpc) is 3.37. The number of ether oxygens (including phenoxy) is 1. The van der Waals surface area contributed by atoms with Crippen LogP contribution in [-0.4, -0.2) is 49.5 Å². The highest BCUT2D eigenvalue weighted by Gasteiger charge is 2.32. The van der Waals surface area contributed by atoms with E-state index in [1.165, 1.54) is 4.80 Å². The molecule has 1 saturated heterocycles. The first kappa shape index (κ1) is 20.5. The Balaban J connectivity index is 1.41. The van der Waals surface area contributed by atoms with Gasteiger partial charge in [0.15, 0.2) is 0 Å². The lowest BCUT2D eigenvalue weighted by atomic mass is 9.99. The van der Waals surface area contributed by atoms with Crippen molar-refractivity contribution in [3.05, 3.63) is 77.8 Å². The van der Waals surface area contributed by atoms with Crippen molar-refractivity contribution >= 4 is 28.3 Å². The van der Waals surface area contributed by atoms with Crippen molar-refractivity contribution in [3.8, 4) is 11.4 Å². The molecule has 0 radical (unpaired) electrons. The Morgan fingerprint density at radius 1 is 1.03 bits per heavy atom. The van der Waals surface area contributed by atoms with Crippen LogP contribution in [0.25, 0.3) is 16.5 Å². The van der Waals surface area contributed by atoms with Crippen LogP contribution in [0.15, 0.2) is 67.1 Å². The first-order valence-corrected chi connectivity index (χ1v) is 11.0. The molecule has 5 rings (SSSR count). The van der Waals surface area contributed by atoms with Crippen molar-refractivity contribution in [2.45, 2.75) is 31.9 Å². The third-order valence-corrected chi connectivity index (χ3v) is 6.17. The molecule has 3 heterocycles. The maximum Gasteiger partial charge on any atom is 0.256 e. The van der Waals surface area contributed by atoms with Crippen LogP contribution in [0.1, 0.15) is 30.1 Å². The number of para-hydroxylation sites is 1. The minimum absolute atomic E-state index is 0.0576. The zero-order valence-electron chi connectivity index (χ0n) is 17.6. The highest BCUT2D eigenvalue weighted by Crippen LogP contribution is 2.32. The van der Waals surface area contributed by atoms with Crippen molar-refractivity contribution < 1.29 is 9.53 Å². The first-order valence-electron chi connectivity index (χ1n) is 10.6. The first-order chi connectivity index (χ1) is 15.6. The van der Waals surface area contributed by atoms with E-state index >= 15 is 0 Å². The van der Waals surface area contributed by atoms with Gasteiger partial charge in [0.1, 0.15) is 17.0 Å². The largest absolute Gasteiger partial charge is 0.486 e. The maximum atomic E-state index is 13.6. The number of benzene rings is 2. The molecule has 32 heavy (non-hydrogen) atoms. The molecule has 1 aliphatic rings. The van der Waals surface area contributed by atoms with E-state index in [0.717, 1.165) is 23.6 Å². The lowest BCUT2D eigenvalue weighted by molar-refractivity contribution is 0.0387. The number of pyridine rings is 1. The van der Waals surface area contributed by atoms with Crippen molar-refractivity contribution in [1.29, 1.82) is 0 Å². The number of hydrogen-bond donors (Lipinski definition) is 0. The summed E-state index contributed by atoms with van der Waals surface area (Å²) in [6.45, 7) is 2.56. The van der Waals surface area contributed by atoms with Crippen molar-refractivity contribution in [3.63, 3.8) is 0 Å². The molecule has 8 heteroatoms. The second kappa shape index (κ2) is 8.59. The predicted octanol–water partition coefficient (Wildman–Crippen LogP) is 4.54. The number of likely N-dealkylation sites (tertiary alicyclic amines) is 1. The number of fused-ring (bicyclic) bond motifs is 1. The fraction of sp³-hybridized carbons (Fsp3) is 0.250. The molecule has 1 amide bonds. The summed E-state index contributed by atoms with van der Waals surface area (Å²) in [5.74, 6) is 0.621. The van der Waals surface area contributed by atoms with Crippen LogP contribution in [0.2, 0.25) is 5.15 Å². The third-order valence-electron chi connectivity index (χ3n) is 5.87. The molecule has 4 aromatic rings. The fourth-order valence-corrected chi connectivity index (χ4v) is 4.40. The van der Waals surface area contributed by atoms with Crippen LogP contribution in [0, 0.1) is 0 Å². The molecule has 0 N–H and O–H groups in total. The Kier molecular flexibility index (Phi) is 5.49. The number of hydrogen-bond acceptors (Lipinski definition) is 5. The lowest BCUT2D eigenvalue weighted by Crippen LogP contribution is -2.49. The zero-order chi connectivity index (χ0) is 22.1. The highest BCUT2D eigenvalue weighted by molar-refractivity contribution is 6.34. The molecule has 7 nitrogen and oxygen atoms in total. The standard InChI is InChI=1S/C24H22ClN5O2/c1-16-10-11-17(32-22-14-26-23(25)19-7-3-2-6-18(19)22)15-29(16)24(31)20-8-4-5-9-21(20)30-27-12-13-28-30/h2-9,12-14,16-17H,10-11,15H2,1H3/t16-,17-/m0/s1. The molecular formula is C24H22ClN5O2. The van der Waals surface area contributed by atoms with Gasteiger partial charge in [-0.2, -0.15) is 15.0 Å². The summed E-state index contributed by atoms with van der Waals surface area (Å²) in [5, 5.41) is 10.6.